The predicted octanol–water partition coefficient (Wildman–Crippen LogP) is 2.50. The van der Waals surface area contributed by atoms with E-state index in [-0.39, 0.29) is 24.8 Å². The van der Waals surface area contributed by atoms with Crippen LogP contribution in [-0.2, 0) is 6.42 Å². The van der Waals surface area contributed by atoms with Crippen LogP contribution in [0.3, 0.4) is 0 Å². The smallest absolute Gasteiger partial charge is 0.191 e. The van der Waals surface area contributed by atoms with Gasteiger partial charge in [-0.25, -0.2) is 8.78 Å². The van der Waals surface area contributed by atoms with Crippen molar-refractivity contribution in [2.24, 2.45) is 4.99 Å². The third-order valence-electron chi connectivity index (χ3n) is 3.66. The molecule has 0 amide bonds. The SMILES string of the molecule is CCNC(=NCC(O)COc1ccc(F)cc1)NCCc1cccc(F)c1. The van der Waals surface area contributed by atoms with E-state index in [0.29, 0.717) is 31.2 Å². The quantitative estimate of drug-likeness (QED) is 0.464. The van der Waals surface area contributed by atoms with Gasteiger partial charge in [-0.2, -0.15) is 0 Å². The van der Waals surface area contributed by atoms with Gasteiger partial charge in [-0.3, -0.25) is 4.99 Å². The van der Waals surface area contributed by atoms with Crippen molar-refractivity contribution in [1.82, 2.24) is 10.6 Å². The van der Waals surface area contributed by atoms with Gasteiger partial charge in [0.05, 0.1) is 6.54 Å². The summed E-state index contributed by atoms with van der Waals surface area (Å²) in [5.74, 6) is 0.457. The van der Waals surface area contributed by atoms with Gasteiger partial charge >= 0.3 is 0 Å². The summed E-state index contributed by atoms with van der Waals surface area (Å²) in [6.45, 7) is 3.40. The van der Waals surface area contributed by atoms with E-state index in [9.17, 15) is 13.9 Å². The molecule has 0 saturated heterocycles. The lowest BCUT2D eigenvalue weighted by Gasteiger charge is -2.14. The molecule has 0 aliphatic carbocycles. The van der Waals surface area contributed by atoms with Gasteiger partial charge in [0, 0.05) is 13.1 Å². The summed E-state index contributed by atoms with van der Waals surface area (Å²) in [4.78, 5) is 4.32. The third-order valence-corrected chi connectivity index (χ3v) is 3.66. The zero-order valence-corrected chi connectivity index (χ0v) is 15.3. The molecule has 0 aliphatic heterocycles. The molecular weight excluding hydrogens is 352 g/mol. The fourth-order valence-corrected chi connectivity index (χ4v) is 2.33. The van der Waals surface area contributed by atoms with E-state index in [1.807, 2.05) is 13.0 Å². The molecule has 2 aromatic rings. The average Bonchev–Trinajstić information content (AvgIpc) is 2.66. The van der Waals surface area contributed by atoms with Gasteiger partial charge in [0.2, 0.25) is 0 Å². The Hall–Kier alpha value is -2.67. The van der Waals surface area contributed by atoms with Gasteiger partial charge < -0.3 is 20.5 Å². The molecule has 2 aromatic carbocycles. The molecule has 0 radical (unpaired) electrons. The molecule has 0 fully saturated rings. The zero-order valence-electron chi connectivity index (χ0n) is 15.3. The molecular formula is C20H25F2N3O2. The minimum Gasteiger partial charge on any atom is -0.491 e. The van der Waals surface area contributed by atoms with Gasteiger partial charge in [-0.1, -0.05) is 12.1 Å². The highest BCUT2D eigenvalue weighted by Gasteiger charge is 2.06. The van der Waals surface area contributed by atoms with Crippen LogP contribution in [-0.4, -0.2) is 43.4 Å². The average molecular weight is 377 g/mol. The highest BCUT2D eigenvalue weighted by atomic mass is 19.1. The van der Waals surface area contributed by atoms with Crippen LogP contribution in [0, 0.1) is 11.6 Å². The van der Waals surface area contributed by atoms with Crippen LogP contribution < -0.4 is 15.4 Å². The zero-order chi connectivity index (χ0) is 19.5. The van der Waals surface area contributed by atoms with E-state index in [1.165, 1.54) is 36.4 Å². The van der Waals surface area contributed by atoms with E-state index in [0.717, 1.165) is 5.56 Å². The van der Waals surface area contributed by atoms with Crippen LogP contribution in [0.1, 0.15) is 12.5 Å². The van der Waals surface area contributed by atoms with Crippen molar-refractivity contribution in [2.75, 3.05) is 26.2 Å². The first-order chi connectivity index (χ1) is 13.1. The number of benzene rings is 2. The van der Waals surface area contributed by atoms with Crippen molar-refractivity contribution in [3.8, 4) is 5.75 Å². The molecule has 0 aliphatic rings. The molecule has 0 spiro atoms. The van der Waals surface area contributed by atoms with Crippen molar-refractivity contribution in [3.05, 3.63) is 65.7 Å². The number of hydrogen-bond acceptors (Lipinski definition) is 3. The normalized spacial score (nSPS) is 12.5. The van der Waals surface area contributed by atoms with E-state index in [2.05, 4.69) is 15.6 Å². The maximum atomic E-state index is 13.2. The number of ether oxygens (including phenoxy) is 1. The van der Waals surface area contributed by atoms with Crippen molar-refractivity contribution >= 4 is 5.96 Å². The van der Waals surface area contributed by atoms with Crippen LogP contribution in [0.15, 0.2) is 53.5 Å². The molecule has 3 N–H and O–H groups in total. The number of aliphatic imine (C=N–C) groups is 1. The van der Waals surface area contributed by atoms with E-state index >= 15 is 0 Å². The third kappa shape index (κ3) is 8.04. The van der Waals surface area contributed by atoms with Crippen molar-refractivity contribution in [3.63, 3.8) is 0 Å². The lowest BCUT2D eigenvalue weighted by molar-refractivity contribution is 0.114. The molecule has 0 bridgehead atoms. The van der Waals surface area contributed by atoms with Gasteiger partial charge in [0.25, 0.3) is 0 Å². The topological polar surface area (TPSA) is 65.9 Å². The Morgan fingerprint density at radius 3 is 2.59 bits per heavy atom. The minimum absolute atomic E-state index is 0.0534. The number of nitrogens with zero attached hydrogens (tertiary/aromatic N) is 1. The first-order valence-electron chi connectivity index (χ1n) is 8.90. The van der Waals surface area contributed by atoms with Crippen LogP contribution in [0.4, 0.5) is 8.78 Å². The first-order valence-corrected chi connectivity index (χ1v) is 8.90. The number of rotatable bonds is 9. The molecule has 0 heterocycles. The van der Waals surface area contributed by atoms with E-state index in [1.54, 1.807) is 6.07 Å². The second-order valence-electron chi connectivity index (χ2n) is 5.95. The second kappa shape index (κ2) is 11.1. The largest absolute Gasteiger partial charge is 0.491 e. The molecule has 0 aromatic heterocycles. The number of aliphatic hydroxyl groups is 1. The summed E-state index contributed by atoms with van der Waals surface area (Å²) in [6.07, 6.45) is -0.146. The van der Waals surface area contributed by atoms with Crippen molar-refractivity contribution < 1.29 is 18.6 Å². The Labute approximate surface area is 158 Å². The maximum Gasteiger partial charge on any atom is 0.191 e. The summed E-state index contributed by atoms with van der Waals surface area (Å²) in [7, 11) is 0. The Morgan fingerprint density at radius 2 is 1.89 bits per heavy atom. The summed E-state index contributed by atoms with van der Waals surface area (Å²) in [6, 6.07) is 12.1. The summed E-state index contributed by atoms with van der Waals surface area (Å²) in [5, 5.41) is 16.2. The summed E-state index contributed by atoms with van der Waals surface area (Å²) >= 11 is 0. The molecule has 2 rings (SSSR count). The molecule has 146 valence electrons. The minimum atomic E-state index is -0.797. The number of halogens is 2. The molecule has 7 heteroatoms. The monoisotopic (exact) mass is 377 g/mol. The fraction of sp³-hybridized carbons (Fsp3) is 0.350. The lowest BCUT2D eigenvalue weighted by Crippen LogP contribution is -2.39. The molecule has 27 heavy (non-hydrogen) atoms. The highest BCUT2D eigenvalue weighted by molar-refractivity contribution is 5.79. The lowest BCUT2D eigenvalue weighted by atomic mass is 10.1. The second-order valence-corrected chi connectivity index (χ2v) is 5.95. The van der Waals surface area contributed by atoms with Gasteiger partial charge in [-0.15, -0.1) is 0 Å². The molecule has 0 saturated carbocycles. The Morgan fingerprint density at radius 1 is 1.11 bits per heavy atom. The van der Waals surface area contributed by atoms with E-state index in [4.69, 9.17) is 4.74 Å². The molecule has 1 atom stereocenters. The van der Waals surface area contributed by atoms with Crippen molar-refractivity contribution in [1.29, 1.82) is 0 Å². The Balaban J connectivity index is 1.76. The number of hydrogen-bond donors (Lipinski definition) is 3. The predicted molar refractivity (Wildman–Crippen MR) is 102 cm³/mol. The Bertz CT molecular complexity index is 723. The summed E-state index contributed by atoms with van der Waals surface area (Å²) < 4.78 is 31.4. The van der Waals surface area contributed by atoms with Crippen LogP contribution in [0.2, 0.25) is 0 Å². The van der Waals surface area contributed by atoms with Crippen LogP contribution in [0.5, 0.6) is 5.75 Å². The van der Waals surface area contributed by atoms with Crippen molar-refractivity contribution in [2.45, 2.75) is 19.4 Å². The first kappa shape index (κ1) is 20.6. The van der Waals surface area contributed by atoms with Crippen LogP contribution in [0.25, 0.3) is 0 Å². The highest BCUT2D eigenvalue weighted by Crippen LogP contribution is 2.11. The fourth-order valence-electron chi connectivity index (χ4n) is 2.33. The van der Waals surface area contributed by atoms with Gasteiger partial charge in [0.1, 0.15) is 30.1 Å². The number of aliphatic hydroxyl groups excluding tert-OH is 1. The number of nitrogens with one attached hydrogen (secondary N) is 2. The van der Waals surface area contributed by atoms with Gasteiger partial charge in [0.15, 0.2) is 5.96 Å². The van der Waals surface area contributed by atoms with Crippen LogP contribution >= 0.6 is 0 Å². The summed E-state index contributed by atoms with van der Waals surface area (Å²) in [5.41, 5.74) is 0.895. The van der Waals surface area contributed by atoms with Gasteiger partial charge in [-0.05, 0) is 55.3 Å². The molecule has 1 unspecified atom stereocenters. The van der Waals surface area contributed by atoms with E-state index < -0.39 is 6.10 Å². The maximum absolute atomic E-state index is 13.2. The Kier molecular flexibility index (Phi) is 8.51. The standard InChI is InChI=1S/C20H25F2N3O2/c1-2-23-20(24-11-10-15-4-3-5-17(22)12-15)25-13-18(26)14-27-19-8-6-16(21)7-9-19/h3-9,12,18,26H,2,10-11,13-14H2,1H3,(H2,23,24,25). The number of guanidine groups is 1. The molecule has 5 nitrogen and oxygen atoms in total.